The molecular weight excluding hydrogens is 256 g/mol. The van der Waals surface area contributed by atoms with Gasteiger partial charge in [0.05, 0.1) is 0 Å². The van der Waals surface area contributed by atoms with Crippen LogP contribution in [0.1, 0.15) is 17.0 Å². The minimum absolute atomic E-state index is 0.101. The van der Waals surface area contributed by atoms with Gasteiger partial charge in [-0.15, -0.1) is 5.10 Å². The minimum Gasteiger partial charge on any atom is -0.246 e. The molecule has 0 saturated heterocycles. The molecule has 3 rings (SSSR count). The second-order valence-corrected chi connectivity index (χ2v) is 4.64. The van der Waals surface area contributed by atoms with Crippen molar-refractivity contribution in [3.8, 4) is 0 Å². The first-order valence-electron chi connectivity index (χ1n) is 5.15. The smallest absolute Gasteiger partial charge is 0.246 e. The lowest BCUT2D eigenvalue weighted by Gasteiger charge is -2.03. The standard InChI is InChI=1S/C9H10N4OS.CH4S/c1-5-6-3-15-4-7(6)13-8(10-5)11-12(2)9(13)14;1-2/h3-4H2,1-2H3;2H,1H3. The van der Waals surface area contributed by atoms with Crippen LogP contribution in [0.25, 0.3) is 5.78 Å². The molecule has 0 atom stereocenters. The average molecular weight is 270 g/mol. The van der Waals surface area contributed by atoms with Gasteiger partial charge in [0, 0.05) is 35.5 Å². The van der Waals surface area contributed by atoms with E-state index in [-0.39, 0.29) is 5.69 Å². The van der Waals surface area contributed by atoms with E-state index in [2.05, 4.69) is 22.7 Å². The zero-order valence-electron chi connectivity index (χ0n) is 9.97. The topological polar surface area (TPSA) is 52.2 Å². The summed E-state index contributed by atoms with van der Waals surface area (Å²) >= 11 is 5.34. The Bertz CT molecular complexity index is 617. The molecule has 0 fully saturated rings. The van der Waals surface area contributed by atoms with Crippen LogP contribution in [0, 0.1) is 6.92 Å². The number of nitrogens with zero attached hydrogens (tertiary/aromatic N) is 4. The van der Waals surface area contributed by atoms with Gasteiger partial charge in [-0.05, 0) is 13.2 Å². The van der Waals surface area contributed by atoms with Gasteiger partial charge < -0.3 is 0 Å². The van der Waals surface area contributed by atoms with Crippen molar-refractivity contribution < 1.29 is 0 Å². The van der Waals surface area contributed by atoms with E-state index in [4.69, 9.17) is 0 Å². The van der Waals surface area contributed by atoms with Gasteiger partial charge in [-0.25, -0.2) is 18.9 Å². The van der Waals surface area contributed by atoms with Gasteiger partial charge in [-0.1, -0.05) is 0 Å². The lowest BCUT2D eigenvalue weighted by atomic mass is 10.2. The third kappa shape index (κ3) is 1.87. The van der Waals surface area contributed by atoms with Crippen LogP contribution in [-0.4, -0.2) is 25.4 Å². The van der Waals surface area contributed by atoms with E-state index >= 15 is 0 Å². The van der Waals surface area contributed by atoms with Crippen LogP contribution in [-0.2, 0) is 18.6 Å². The molecule has 17 heavy (non-hydrogen) atoms. The molecule has 3 heterocycles. The van der Waals surface area contributed by atoms with Crippen LogP contribution in [0.5, 0.6) is 0 Å². The summed E-state index contributed by atoms with van der Waals surface area (Å²) in [7, 11) is 1.65. The molecule has 2 aromatic rings. The zero-order valence-corrected chi connectivity index (χ0v) is 11.7. The van der Waals surface area contributed by atoms with E-state index < -0.39 is 0 Å². The van der Waals surface area contributed by atoms with Crippen molar-refractivity contribution in [3.63, 3.8) is 0 Å². The van der Waals surface area contributed by atoms with Crippen LogP contribution in [0.2, 0.25) is 0 Å². The van der Waals surface area contributed by atoms with Crippen LogP contribution >= 0.6 is 24.4 Å². The first-order chi connectivity index (χ1) is 8.18. The monoisotopic (exact) mass is 270 g/mol. The molecule has 92 valence electrons. The molecule has 1 aliphatic heterocycles. The Kier molecular flexibility index (Phi) is 3.48. The lowest BCUT2D eigenvalue weighted by Crippen LogP contribution is -2.20. The summed E-state index contributed by atoms with van der Waals surface area (Å²) in [6, 6.07) is 0. The molecule has 2 aromatic heterocycles. The quantitative estimate of drug-likeness (QED) is 0.727. The van der Waals surface area contributed by atoms with Crippen molar-refractivity contribution in [2.45, 2.75) is 18.4 Å². The van der Waals surface area contributed by atoms with Crippen LogP contribution in [0.3, 0.4) is 0 Å². The molecule has 0 N–H and O–H groups in total. The zero-order chi connectivity index (χ0) is 12.6. The number of aryl methyl sites for hydroxylation is 2. The summed E-state index contributed by atoms with van der Waals surface area (Å²) < 4.78 is 2.97. The molecule has 0 saturated carbocycles. The van der Waals surface area contributed by atoms with Gasteiger partial charge in [0.2, 0.25) is 0 Å². The Labute approximate surface area is 109 Å². The fraction of sp³-hybridized carbons (Fsp3) is 0.500. The van der Waals surface area contributed by atoms with Gasteiger partial charge in [-0.2, -0.15) is 24.4 Å². The van der Waals surface area contributed by atoms with Crippen molar-refractivity contribution in [2.24, 2.45) is 7.05 Å². The highest BCUT2D eigenvalue weighted by atomic mass is 32.2. The van der Waals surface area contributed by atoms with Gasteiger partial charge in [0.15, 0.2) is 0 Å². The maximum atomic E-state index is 11.8. The third-order valence-electron chi connectivity index (χ3n) is 2.72. The van der Waals surface area contributed by atoms with Gasteiger partial charge in [-0.3, -0.25) is 0 Å². The van der Waals surface area contributed by atoms with E-state index in [9.17, 15) is 4.79 Å². The molecule has 0 amide bonds. The molecule has 1 aliphatic rings. The summed E-state index contributed by atoms with van der Waals surface area (Å²) in [4.78, 5) is 16.2. The molecule has 0 spiro atoms. The summed E-state index contributed by atoms with van der Waals surface area (Å²) in [5, 5.41) is 4.10. The van der Waals surface area contributed by atoms with E-state index in [1.165, 1.54) is 10.2 Å². The fourth-order valence-corrected chi connectivity index (χ4v) is 3.09. The number of rotatable bonds is 0. The largest absolute Gasteiger partial charge is 0.351 e. The number of aromatic nitrogens is 4. The maximum absolute atomic E-state index is 11.8. The number of hydrogen-bond donors (Lipinski definition) is 1. The van der Waals surface area contributed by atoms with Crippen LogP contribution in [0.15, 0.2) is 4.79 Å². The minimum atomic E-state index is -0.101. The maximum Gasteiger partial charge on any atom is 0.351 e. The van der Waals surface area contributed by atoms with Crippen molar-refractivity contribution in [2.75, 3.05) is 6.26 Å². The molecule has 0 aliphatic carbocycles. The van der Waals surface area contributed by atoms with Gasteiger partial charge in [0.25, 0.3) is 5.78 Å². The molecular formula is C10H14N4OS2. The molecule has 0 bridgehead atoms. The normalized spacial score (nSPS) is 13.4. The predicted molar refractivity (Wildman–Crippen MR) is 72.9 cm³/mol. The Morgan fingerprint density at radius 1 is 1.35 bits per heavy atom. The number of thiol groups is 1. The molecule has 0 aromatic carbocycles. The van der Waals surface area contributed by atoms with Crippen LogP contribution < -0.4 is 5.69 Å². The Hall–Kier alpha value is -0.950. The van der Waals surface area contributed by atoms with Crippen molar-refractivity contribution in [1.82, 2.24) is 19.2 Å². The molecule has 0 radical (unpaired) electrons. The van der Waals surface area contributed by atoms with E-state index in [0.717, 1.165) is 22.9 Å². The summed E-state index contributed by atoms with van der Waals surface area (Å²) in [5.41, 5.74) is 3.16. The van der Waals surface area contributed by atoms with Crippen molar-refractivity contribution >= 4 is 30.2 Å². The average Bonchev–Trinajstić information content (AvgIpc) is 2.89. The Morgan fingerprint density at radius 2 is 2.06 bits per heavy atom. The summed E-state index contributed by atoms with van der Waals surface area (Å²) in [6.07, 6.45) is 1.69. The first-order valence-corrected chi connectivity index (χ1v) is 7.20. The highest BCUT2D eigenvalue weighted by Crippen LogP contribution is 2.30. The van der Waals surface area contributed by atoms with Crippen molar-refractivity contribution in [3.05, 3.63) is 27.4 Å². The second kappa shape index (κ2) is 4.73. The van der Waals surface area contributed by atoms with E-state index in [1.807, 2.05) is 18.7 Å². The Morgan fingerprint density at radius 3 is 2.76 bits per heavy atom. The number of fused-ring (bicyclic) bond motifs is 3. The lowest BCUT2D eigenvalue weighted by molar-refractivity contribution is 0.729. The highest BCUT2D eigenvalue weighted by molar-refractivity contribution is 7.98. The summed E-state index contributed by atoms with van der Waals surface area (Å²) in [6.45, 7) is 1.98. The molecule has 5 nitrogen and oxygen atoms in total. The predicted octanol–water partition coefficient (Wildman–Crippen LogP) is 1.03. The van der Waals surface area contributed by atoms with E-state index in [0.29, 0.717) is 5.78 Å². The van der Waals surface area contributed by atoms with Crippen LogP contribution in [0.4, 0.5) is 0 Å². The fourth-order valence-electron chi connectivity index (χ4n) is 1.91. The number of thioether (sulfide) groups is 1. The Balaban J connectivity index is 0.000000514. The molecule has 7 heteroatoms. The molecule has 0 unspecified atom stereocenters. The first kappa shape index (κ1) is 12.5. The van der Waals surface area contributed by atoms with E-state index in [1.54, 1.807) is 17.7 Å². The summed E-state index contributed by atoms with van der Waals surface area (Å²) in [5.74, 6) is 2.34. The third-order valence-corrected chi connectivity index (χ3v) is 3.69. The highest BCUT2D eigenvalue weighted by Gasteiger charge is 2.21. The van der Waals surface area contributed by atoms with Crippen molar-refractivity contribution in [1.29, 1.82) is 0 Å². The second-order valence-electron chi connectivity index (χ2n) is 3.66. The van der Waals surface area contributed by atoms with Gasteiger partial charge in [0.1, 0.15) is 0 Å². The SMILES string of the molecule is CS.Cc1nc2nn(C)c(=O)n2c2c1CSC2. The van der Waals surface area contributed by atoms with Gasteiger partial charge >= 0.3 is 5.69 Å². The number of hydrogen-bond acceptors (Lipinski definition) is 5.